The van der Waals surface area contributed by atoms with Gasteiger partial charge in [-0.2, -0.15) is 0 Å². The Hall–Kier alpha value is -0.870. The summed E-state index contributed by atoms with van der Waals surface area (Å²) in [6.45, 7) is 5.18. The number of likely N-dealkylation sites (N-methyl/N-ethyl adjacent to an activating group) is 1. The first-order valence-electron chi connectivity index (χ1n) is 4.64. The summed E-state index contributed by atoms with van der Waals surface area (Å²) in [5.74, 6) is -0.761. The maximum absolute atomic E-state index is 10.8. The molecule has 78 valence electrons. The van der Waals surface area contributed by atoms with Gasteiger partial charge < -0.3 is 5.11 Å². The highest BCUT2D eigenvalue weighted by atomic mass is 32.1. The van der Waals surface area contributed by atoms with Crippen molar-refractivity contribution in [2.24, 2.45) is 0 Å². The first-order chi connectivity index (χ1) is 6.65. The number of hydrogen-bond acceptors (Lipinski definition) is 3. The Balaban J connectivity index is 2.59. The molecule has 0 radical (unpaired) electrons. The highest BCUT2D eigenvalue weighted by Gasteiger charge is 2.19. The molecule has 14 heavy (non-hydrogen) atoms. The highest BCUT2D eigenvalue weighted by molar-refractivity contribution is 7.09. The van der Waals surface area contributed by atoms with E-state index in [1.54, 1.807) is 18.3 Å². The molecular formula is C10H15NO2S. The Bertz CT molecular complexity index is 284. The molecule has 0 amide bonds. The molecule has 1 rings (SSSR count). The van der Waals surface area contributed by atoms with E-state index in [4.69, 9.17) is 5.11 Å². The van der Waals surface area contributed by atoms with E-state index >= 15 is 0 Å². The van der Waals surface area contributed by atoms with Crippen LogP contribution in [0.4, 0.5) is 0 Å². The second-order valence-electron chi connectivity index (χ2n) is 3.16. The van der Waals surface area contributed by atoms with E-state index in [1.807, 2.05) is 29.3 Å². The summed E-state index contributed by atoms with van der Waals surface area (Å²) in [5.41, 5.74) is 0. The maximum Gasteiger partial charge on any atom is 0.320 e. The molecule has 0 bridgehead atoms. The lowest BCUT2D eigenvalue weighted by Gasteiger charge is -2.23. The van der Waals surface area contributed by atoms with Gasteiger partial charge in [0.25, 0.3) is 0 Å². The van der Waals surface area contributed by atoms with Gasteiger partial charge in [0, 0.05) is 11.4 Å². The third kappa shape index (κ3) is 2.82. The molecule has 1 heterocycles. The van der Waals surface area contributed by atoms with Crippen LogP contribution in [0.25, 0.3) is 0 Å². The predicted molar refractivity (Wildman–Crippen MR) is 57.5 cm³/mol. The van der Waals surface area contributed by atoms with Crippen molar-refractivity contribution in [1.29, 1.82) is 0 Å². The van der Waals surface area contributed by atoms with Crippen molar-refractivity contribution in [2.45, 2.75) is 26.4 Å². The molecule has 0 aliphatic carbocycles. The lowest BCUT2D eigenvalue weighted by Crippen LogP contribution is -2.38. The van der Waals surface area contributed by atoms with Gasteiger partial charge in [0.15, 0.2) is 0 Å². The van der Waals surface area contributed by atoms with Crippen molar-refractivity contribution in [2.75, 3.05) is 6.54 Å². The second-order valence-corrected chi connectivity index (χ2v) is 4.19. The normalized spacial score (nSPS) is 13.1. The molecule has 0 aliphatic rings. The third-order valence-corrected chi connectivity index (χ3v) is 3.11. The van der Waals surface area contributed by atoms with Gasteiger partial charge in [-0.1, -0.05) is 13.0 Å². The summed E-state index contributed by atoms with van der Waals surface area (Å²) in [6.07, 6.45) is 0. The van der Waals surface area contributed by atoms with Crippen LogP contribution in [-0.4, -0.2) is 28.6 Å². The van der Waals surface area contributed by atoms with Crippen molar-refractivity contribution in [3.8, 4) is 0 Å². The molecule has 3 nitrogen and oxygen atoms in total. The number of rotatable bonds is 5. The Labute approximate surface area is 88.0 Å². The molecule has 1 aromatic heterocycles. The van der Waals surface area contributed by atoms with E-state index in [9.17, 15) is 4.79 Å². The van der Waals surface area contributed by atoms with E-state index in [1.165, 1.54) is 4.88 Å². The molecule has 0 saturated carbocycles. The summed E-state index contributed by atoms with van der Waals surface area (Å²) in [7, 11) is 0. The smallest absolute Gasteiger partial charge is 0.320 e. The predicted octanol–water partition coefficient (Wildman–Crippen LogP) is 2.04. The zero-order valence-electron chi connectivity index (χ0n) is 8.43. The molecular weight excluding hydrogens is 198 g/mol. The summed E-state index contributed by atoms with van der Waals surface area (Å²) in [5, 5.41) is 10.9. The molecule has 4 heteroatoms. The highest BCUT2D eigenvalue weighted by Crippen LogP contribution is 2.13. The zero-order valence-corrected chi connectivity index (χ0v) is 9.25. The van der Waals surface area contributed by atoms with Gasteiger partial charge in [0.05, 0.1) is 0 Å². The molecule has 0 unspecified atom stereocenters. The van der Waals surface area contributed by atoms with E-state index in [-0.39, 0.29) is 0 Å². The van der Waals surface area contributed by atoms with Gasteiger partial charge in [0.1, 0.15) is 6.04 Å². The maximum atomic E-state index is 10.8. The number of carboxylic acids is 1. The van der Waals surface area contributed by atoms with Gasteiger partial charge in [-0.25, -0.2) is 0 Å². The number of nitrogens with zero attached hydrogens (tertiary/aromatic N) is 1. The van der Waals surface area contributed by atoms with Crippen molar-refractivity contribution < 1.29 is 9.90 Å². The van der Waals surface area contributed by atoms with Crippen LogP contribution in [0.3, 0.4) is 0 Å². The number of carboxylic acid groups (broad SMARTS) is 1. The fourth-order valence-corrected chi connectivity index (χ4v) is 2.01. The molecule has 0 spiro atoms. The van der Waals surface area contributed by atoms with E-state index in [2.05, 4.69) is 0 Å². The number of hydrogen-bond donors (Lipinski definition) is 1. The first-order valence-corrected chi connectivity index (χ1v) is 5.52. The number of carbonyl (C=O) groups is 1. The monoisotopic (exact) mass is 213 g/mol. The minimum absolute atomic E-state index is 0.415. The summed E-state index contributed by atoms with van der Waals surface area (Å²) < 4.78 is 0. The Morgan fingerprint density at radius 2 is 2.43 bits per heavy atom. The topological polar surface area (TPSA) is 40.5 Å². The van der Waals surface area contributed by atoms with Crippen LogP contribution in [0.2, 0.25) is 0 Å². The zero-order chi connectivity index (χ0) is 10.6. The van der Waals surface area contributed by atoms with Crippen molar-refractivity contribution in [3.05, 3.63) is 22.4 Å². The molecule has 0 saturated heterocycles. The van der Waals surface area contributed by atoms with Gasteiger partial charge >= 0.3 is 5.97 Å². The van der Waals surface area contributed by atoms with Crippen molar-refractivity contribution in [3.63, 3.8) is 0 Å². The van der Waals surface area contributed by atoms with Crippen LogP contribution in [0.15, 0.2) is 17.5 Å². The minimum Gasteiger partial charge on any atom is -0.480 e. The van der Waals surface area contributed by atoms with Gasteiger partial charge in [-0.05, 0) is 24.9 Å². The van der Waals surface area contributed by atoms with Crippen molar-refractivity contribution >= 4 is 17.3 Å². The average molecular weight is 213 g/mol. The summed E-state index contributed by atoms with van der Waals surface area (Å²) in [6, 6.07) is 3.60. The summed E-state index contributed by atoms with van der Waals surface area (Å²) >= 11 is 1.66. The fraction of sp³-hybridized carbons (Fsp3) is 0.500. The van der Waals surface area contributed by atoms with E-state index in [0.717, 1.165) is 13.1 Å². The quantitative estimate of drug-likeness (QED) is 0.813. The fourth-order valence-electron chi connectivity index (χ4n) is 1.28. The first kappa shape index (κ1) is 11.2. The lowest BCUT2D eigenvalue weighted by molar-refractivity contribution is -0.142. The Morgan fingerprint density at radius 1 is 1.71 bits per heavy atom. The largest absolute Gasteiger partial charge is 0.480 e. The van der Waals surface area contributed by atoms with Gasteiger partial charge in [-0.15, -0.1) is 11.3 Å². The number of aliphatic carboxylic acids is 1. The molecule has 1 N–H and O–H groups in total. The van der Waals surface area contributed by atoms with Crippen molar-refractivity contribution in [1.82, 2.24) is 4.90 Å². The molecule has 1 aromatic rings. The van der Waals surface area contributed by atoms with Crippen LogP contribution in [0, 0.1) is 0 Å². The SMILES string of the molecule is CCN(Cc1cccs1)[C@@H](C)C(=O)O. The van der Waals surface area contributed by atoms with E-state index < -0.39 is 12.0 Å². The molecule has 1 atom stereocenters. The third-order valence-electron chi connectivity index (χ3n) is 2.25. The minimum atomic E-state index is -0.761. The standard InChI is InChI=1S/C10H15NO2S/c1-3-11(8(2)10(12)13)7-9-5-4-6-14-9/h4-6,8H,3,7H2,1-2H3,(H,12,13)/t8-/m0/s1. The molecule has 0 aromatic carbocycles. The summed E-state index contributed by atoms with van der Waals surface area (Å²) in [4.78, 5) is 13.9. The van der Waals surface area contributed by atoms with Gasteiger partial charge in [-0.3, -0.25) is 9.69 Å². The number of thiophene rings is 1. The van der Waals surface area contributed by atoms with Crippen LogP contribution >= 0.6 is 11.3 Å². The Kier molecular flexibility index (Phi) is 4.10. The van der Waals surface area contributed by atoms with E-state index in [0.29, 0.717) is 0 Å². The molecule has 0 fully saturated rings. The second kappa shape index (κ2) is 5.12. The van der Waals surface area contributed by atoms with Gasteiger partial charge in [0.2, 0.25) is 0 Å². The van der Waals surface area contributed by atoms with Crippen LogP contribution in [0.5, 0.6) is 0 Å². The van der Waals surface area contributed by atoms with Crippen LogP contribution in [0.1, 0.15) is 18.7 Å². The molecule has 0 aliphatic heterocycles. The lowest BCUT2D eigenvalue weighted by atomic mass is 10.2. The van der Waals surface area contributed by atoms with Crippen LogP contribution < -0.4 is 0 Å². The van der Waals surface area contributed by atoms with Crippen LogP contribution in [-0.2, 0) is 11.3 Å². The Morgan fingerprint density at radius 3 is 2.86 bits per heavy atom. The average Bonchev–Trinajstić information content (AvgIpc) is 2.65.